The zero-order chi connectivity index (χ0) is 29.9. The van der Waals surface area contributed by atoms with Crippen molar-refractivity contribution in [2.45, 2.75) is 5.92 Å². The summed E-state index contributed by atoms with van der Waals surface area (Å²) in [4.78, 5) is 51.0. The highest BCUT2D eigenvalue weighted by atomic mass is 16.2. The van der Waals surface area contributed by atoms with E-state index in [1.165, 1.54) is 17.0 Å². The summed E-state index contributed by atoms with van der Waals surface area (Å²) in [7, 11) is 0. The minimum Gasteiger partial charge on any atom is -0.397 e. The number of anilines is 4. The maximum Gasteiger partial charge on any atom is 0.255 e. The summed E-state index contributed by atoms with van der Waals surface area (Å²) in [6, 6.07) is 31.5. The van der Waals surface area contributed by atoms with Crippen molar-refractivity contribution in [1.29, 1.82) is 0 Å². The number of fused-ring (bicyclic) bond motifs is 2. The highest BCUT2D eigenvalue weighted by Crippen LogP contribution is 2.37. The lowest BCUT2D eigenvalue weighted by Crippen LogP contribution is -2.38. The monoisotopic (exact) mass is 566 g/mol. The van der Waals surface area contributed by atoms with Gasteiger partial charge in [-0.05, 0) is 54.1 Å². The zero-order valence-electron chi connectivity index (χ0n) is 22.8. The molecule has 0 saturated carbocycles. The van der Waals surface area contributed by atoms with Crippen LogP contribution < -0.4 is 21.7 Å². The Kier molecular flexibility index (Phi) is 7.20. The highest BCUT2D eigenvalue weighted by Gasteiger charge is 2.34. The molecule has 0 aliphatic carbocycles. The van der Waals surface area contributed by atoms with Crippen LogP contribution in [0.1, 0.15) is 21.8 Å². The Balaban J connectivity index is 1.43. The van der Waals surface area contributed by atoms with Crippen molar-refractivity contribution in [3.8, 4) is 0 Å². The van der Waals surface area contributed by atoms with Gasteiger partial charge in [-0.25, -0.2) is 0 Å². The molecule has 2 heterocycles. The second-order valence-corrected chi connectivity index (χ2v) is 9.88. The molecule has 5 N–H and O–H groups in total. The van der Waals surface area contributed by atoms with Crippen LogP contribution in [0.15, 0.2) is 122 Å². The summed E-state index contributed by atoms with van der Waals surface area (Å²) in [6.45, 7) is 0. The maximum absolute atomic E-state index is 14.5. The second-order valence-electron chi connectivity index (χ2n) is 9.88. The van der Waals surface area contributed by atoms with Gasteiger partial charge in [-0.2, -0.15) is 0 Å². The summed E-state index contributed by atoms with van der Waals surface area (Å²) in [6.07, 6.45) is 3.29. The summed E-state index contributed by atoms with van der Waals surface area (Å²) < 4.78 is 0. The van der Waals surface area contributed by atoms with Crippen LogP contribution in [0.5, 0.6) is 0 Å². The van der Waals surface area contributed by atoms with E-state index in [9.17, 15) is 14.4 Å². The van der Waals surface area contributed by atoms with Crippen LogP contribution in [-0.2, 0) is 9.59 Å². The average Bonchev–Trinajstić information content (AvgIpc) is 3.03. The van der Waals surface area contributed by atoms with Gasteiger partial charge in [-0.1, -0.05) is 60.7 Å². The molecule has 4 aromatic carbocycles. The number of pyridine rings is 2. The smallest absolute Gasteiger partial charge is 0.255 e. The minimum absolute atomic E-state index is 0.316. The van der Waals surface area contributed by atoms with Gasteiger partial charge in [0.25, 0.3) is 5.91 Å². The van der Waals surface area contributed by atoms with Crippen LogP contribution in [-0.4, -0.2) is 27.7 Å². The number of carbonyl (C=O) groups excluding carboxylic acids is 3. The van der Waals surface area contributed by atoms with Crippen LogP contribution in [0, 0.1) is 0 Å². The number of rotatable bonds is 7. The molecule has 0 bridgehead atoms. The first-order valence-corrected chi connectivity index (χ1v) is 13.5. The fourth-order valence-electron chi connectivity index (χ4n) is 5.09. The van der Waals surface area contributed by atoms with Gasteiger partial charge in [-0.15, -0.1) is 0 Å². The number of aromatic nitrogens is 2. The Bertz CT molecular complexity index is 1920. The van der Waals surface area contributed by atoms with Gasteiger partial charge < -0.3 is 16.8 Å². The second kappa shape index (κ2) is 11.4. The highest BCUT2D eigenvalue weighted by molar-refractivity contribution is 6.19. The van der Waals surface area contributed by atoms with Crippen molar-refractivity contribution in [2.24, 2.45) is 5.73 Å². The van der Waals surface area contributed by atoms with Crippen molar-refractivity contribution in [3.05, 3.63) is 133 Å². The molecular weight excluding hydrogens is 540 g/mol. The fraction of sp³-hybridized carbons (Fsp3) is 0.0294. The van der Waals surface area contributed by atoms with Gasteiger partial charge >= 0.3 is 0 Å². The van der Waals surface area contributed by atoms with Crippen LogP contribution in [0.2, 0.25) is 0 Å². The third kappa shape index (κ3) is 5.22. The lowest BCUT2D eigenvalue weighted by Gasteiger charge is -2.28. The van der Waals surface area contributed by atoms with E-state index in [0.717, 1.165) is 10.8 Å². The molecule has 0 aliphatic rings. The van der Waals surface area contributed by atoms with Crippen LogP contribution >= 0.6 is 0 Å². The lowest BCUT2D eigenvalue weighted by atomic mass is 9.94. The van der Waals surface area contributed by atoms with E-state index in [1.54, 1.807) is 60.9 Å². The fourth-order valence-corrected chi connectivity index (χ4v) is 5.09. The van der Waals surface area contributed by atoms with Crippen molar-refractivity contribution in [3.63, 3.8) is 0 Å². The molecule has 6 rings (SSSR count). The van der Waals surface area contributed by atoms with Gasteiger partial charge in [0.05, 0.1) is 33.8 Å². The molecule has 0 fully saturated rings. The number of hydrogen-bond acceptors (Lipinski definition) is 6. The van der Waals surface area contributed by atoms with Crippen LogP contribution in [0.4, 0.5) is 22.7 Å². The molecule has 3 amide bonds. The molecule has 6 aromatic rings. The summed E-state index contributed by atoms with van der Waals surface area (Å²) in [5, 5.41) is 4.40. The Morgan fingerprint density at radius 3 is 1.79 bits per heavy atom. The summed E-state index contributed by atoms with van der Waals surface area (Å²) in [5.74, 6) is -3.19. The lowest BCUT2D eigenvalue weighted by molar-refractivity contribution is -0.128. The third-order valence-electron chi connectivity index (χ3n) is 7.17. The number of nitrogens with zero attached hydrogens (tertiary/aromatic N) is 3. The molecule has 1 atom stereocenters. The molecular formula is C34H26N6O3. The predicted octanol–water partition coefficient (Wildman–Crippen LogP) is 5.55. The quantitative estimate of drug-likeness (QED) is 0.171. The molecule has 9 heteroatoms. The number of benzene rings is 4. The number of amides is 3. The van der Waals surface area contributed by atoms with Crippen molar-refractivity contribution < 1.29 is 14.4 Å². The third-order valence-corrected chi connectivity index (χ3v) is 7.17. The zero-order valence-corrected chi connectivity index (χ0v) is 22.8. The van der Waals surface area contributed by atoms with E-state index < -0.39 is 23.6 Å². The SMILES string of the molecule is NC(=O)C(C(=O)N(c1cccc2cccnc12)c1cccc2cccnc12)c1ccc(C(=O)Nc2ccccc2N)cc1. The number of primary amides is 1. The molecule has 210 valence electrons. The van der Waals surface area contributed by atoms with Crippen molar-refractivity contribution in [2.75, 3.05) is 16.0 Å². The number of para-hydroxylation sites is 4. The minimum atomic E-state index is -1.38. The number of carbonyl (C=O) groups is 3. The van der Waals surface area contributed by atoms with E-state index in [4.69, 9.17) is 11.5 Å². The predicted molar refractivity (Wildman–Crippen MR) is 168 cm³/mol. The van der Waals surface area contributed by atoms with Gasteiger partial charge in [-0.3, -0.25) is 29.3 Å². The first-order chi connectivity index (χ1) is 20.9. The first kappa shape index (κ1) is 27.1. The molecule has 0 spiro atoms. The Morgan fingerprint density at radius 2 is 1.23 bits per heavy atom. The molecule has 2 aromatic heterocycles. The largest absolute Gasteiger partial charge is 0.397 e. The number of nitrogen functional groups attached to an aromatic ring is 1. The Morgan fingerprint density at radius 1 is 0.674 bits per heavy atom. The molecule has 0 aliphatic heterocycles. The van der Waals surface area contributed by atoms with E-state index >= 15 is 0 Å². The van der Waals surface area contributed by atoms with Gasteiger partial charge in [0, 0.05) is 28.7 Å². The molecule has 1 unspecified atom stereocenters. The first-order valence-electron chi connectivity index (χ1n) is 13.5. The van der Waals surface area contributed by atoms with Crippen molar-refractivity contribution >= 4 is 62.3 Å². The number of hydrogen-bond donors (Lipinski definition) is 3. The number of nitrogens with two attached hydrogens (primary N) is 2. The molecule has 43 heavy (non-hydrogen) atoms. The molecule has 9 nitrogen and oxygen atoms in total. The van der Waals surface area contributed by atoms with Gasteiger partial charge in [0.2, 0.25) is 11.8 Å². The number of nitrogens with one attached hydrogen (secondary N) is 1. The van der Waals surface area contributed by atoms with E-state index in [0.29, 0.717) is 44.9 Å². The van der Waals surface area contributed by atoms with Crippen LogP contribution in [0.3, 0.4) is 0 Å². The summed E-state index contributed by atoms with van der Waals surface area (Å²) in [5.41, 5.74) is 15.5. The molecule has 0 saturated heterocycles. The normalized spacial score (nSPS) is 11.6. The van der Waals surface area contributed by atoms with E-state index in [2.05, 4.69) is 15.3 Å². The molecule has 0 radical (unpaired) electrons. The van der Waals surface area contributed by atoms with Gasteiger partial charge in [0.1, 0.15) is 5.92 Å². The Hall–Kier alpha value is -6.09. The van der Waals surface area contributed by atoms with Crippen LogP contribution in [0.25, 0.3) is 21.8 Å². The standard InChI is InChI=1S/C34H26N6O3/c35-25-11-1-2-12-26(25)39-33(42)24-17-15-21(16-18-24)29(32(36)41)34(43)40(27-13-3-7-22-9-5-19-37-30(22)27)28-14-4-8-23-10-6-20-38-31(23)28/h1-20,29H,35H2,(H2,36,41)(H,39,42). The maximum atomic E-state index is 14.5. The van der Waals surface area contributed by atoms with E-state index in [-0.39, 0.29) is 0 Å². The van der Waals surface area contributed by atoms with Gasteiger partial charge in [0.15, 0.2) is 0 Å². The van der Waals surface area contributed by atoms with E-state index in [1.807, 2.05) is 48.5 Å². The summed E-state index contributed by atoms with van der Waals surface area (Å²) >= 11 is 0. The Labute approximate surface area is 246 Å². The average molecular weight is 567 g/mol. The topological polar surface area (TPSA) is 144 Å². The van der Waals surface area contributed by atoms with Crippen molar-refractivity contribution in [1.82, 2.24) is 9.97 Å².